The largest absolute Gasteiger partial charge is 0.354 e. The third-order valence-corrected chi connectivity index (χ3v) is 6.00. The van der Waals surface area contributed by atoms with Crippen LogP contribution in [0.1, 0.15) is 61.3 Å². The zero-order valence-electron chi connectivity index (χ0n) is 19.7. The third kappa shape index (κ3) is 4.60. The van der Waals surface area contributed by atoms with Crippen LogP contribution >= 0.6 is 0 Å². The van der Waals surface area contributed by atoms with Crippen molar-refractivity contribution in [2.45, 2.75) is 46.2 Å². The fourth-order valence-corrected chi connectivity index (χ4v) is 3.92. The van der Waals surface area contributed by atoms with E-state index >= 15 is 0 Å². The van der Waals surface area contributed by atoms with Crippen LogP contribution in [0.3, 0.4) is 0 Å². The van der Waals surface area contributed by atoms with E-state index in [0.717, 1.165) is 54.3 Å². The molecule has 8 heteroatoms. The van der Waals surface area contributed by atoms with Gasteiger partial charge in [0, 0.05) is 50.7 Å². The van der Waals surface area contributed by atoms with Gasteiger partial charge in [0.15, 0.2) is 5.65 Å². The summed E-state index contributed by atoms with van der Waals surface area (Å²) in [7, 11) is 2.14. The van der Waals surface area contributed by atoms with Gasteiger partial charge in [-0.25, -0.2) is 14.6 Å². The highest BCUT2D eigenvalue weighted by Gasteiger charge is 2.19. The van der Waals surface area contributed by atoms with Crippen molar-refractivity contribution < 1.29 is 4.79 Å². The smallest absolute Gasteiger partial charge is 0.252 e. The third-order valence-electron chi connectivity index (χ3n) is 6.00. The first-order chi connectivity index (χ1) is 15.3. The highest BCUT2D eigenvalue weighted by molar-refractivity contribution is 6.05. The average molecular weight is 436 g/mol. The summed E-state index contributed by atoms with van der Waals surface area (Å²) < 4.78 is 1.87. The number of hydrogen-bond acceptors (Lipinski definition) is 6. The van der Waals surface area contributed by atoms with E-state index in [2.05, 4.69) is 59.9 Å². The van der Waals surface area contributed by atoms with Crippen molar-refractivity contribution in [2.75, 3.05) is 38.1 Å². The number of piperazine rings is 1. The number of carbonyl (C=O) groups is 1. The molecule has 170 valence electrons. The number of hydrogen-bond donors (Lipinski definition) is 1. The molecule has 0 radical (unpaired) electrons. The number of amides is 1. The molecular formula is C24H33N7O. The van der Waals surface area contributed by atoms with E-state index in [1.807, 2.05) is 29.1 Å². The predicted molar refractivity (Wildman–Crippen MR) is 127 cm³/mol. The molecule has 0 unspecified atom stereocenters. The Morgan fingerprint density at radius 3 is 2.47 bits per heavy atom. The van der Waals surface area contributed by atoms with Crippen LogP contribution in [0.25, 0.3) is 11.0 Å². The zero-order chi connectivity index (χ0) is 22.8. The molecule has 1 fully saturated rings. The van der Waals surface area contributed by atoms with Gasteiger partial charge >= 0.3 is 0 Å². The van der Waals surface area contributed by atoms with Crippen LogP contribution in [0, 0.1) is 0 Å². The highest BCUT2D eigenvalue weighted by Crippen LogP contribution is 2.24. The lowest BCUT2D eigenvalue weighted by Gasteiger charge is -2.33. The first-order valence-corrected chi connectivity index (χ1v) is 11.4. The fourth-order valence-electron chi connectivity index (χ4n) is 3.92. The van der Waals surface area contributed by atoms with Gasteiger partial charge in [-0.3, -0.25) is 4.79 Å². The quantitative estimate of drug-likeness (QED) is 0.641. The number of pyridine rings is 2. The number of anilines is 1. The van der Waals surface area contributed by atoms with Gasteiger partial charge in [-0.05, 0) is 44.5 Å². The van der Waals surface area contributed by atoms with Gasteiger partial charge < -0.3 is 15.1 Å². The summed E-state index contributed by atoms with van der Waals surface area (Å²) in [5.41, 5.74) is 3.24. The average Bonchev–Trinajstić information content (AvgIpc) is 3.22. The Morgan fingerprint density at radius 2 is 1.84 bits per heavy atom. The van der Waals surface area contributed by atoms with Crippen LogP contribution in [0.15, 0.2) is 30.6 Å². The minimum Gasteiger partial charge on any atom is -0.354 e. The summed E-state index contributed by atoms with van der Waals surface area (Å²) in [4.78, 5) is 27.1. The zero-order valence-corrected chi connectivity index (χ0v) is 19.7. The topological polar surface area (TPSA) is 79.2 Å². The number of carbonyl (C=O) groups excluding carboxylic acids is 1. The summed E-state index contributed by atoms with van der Waals surface area (Å²) in [5, 5.41) is 8.31. The van der Waals surface area contributed by atoms with Gasteiger partial charge in [0.25, 0.3) is 5.91 Å². The number of likely N-dealkylation sites (N-methyl/N-ethyl adjacent to an activating group) is 1. The number of fused-ring (bicyclic) bond motifs is 1. The SMILES string of the molecule is CC(C)c1cc(C(=O)NCc2ccc(N3CCN(C)CC3)nc2)c2cnn(C(C)C)c2n1. The summed E-state index contributed by atoms with van der Waals surface area (Å²) in [6.45, 7) is 12.8. The Hall–Kier alpha value is -3.00. The summed E-state index contributed by atoms with van der Waals surface area (Å²) >= 11 is 0. The number of nitrogens with zero attached hydrogens (tertiary/aromatic N) is 6. The van der Waals surface area contributed by atoms with E-state index < -0.39 is 0 Å². The molecule has 3 aromatic heterocycles. The van der Waals surface area contributed by atoms with Crippen molar-refractivity contribution in [2.24, 2.45) is 0 Å². The lowest BCUT2D eigenvalue weighted by Crippen LogP contribution is -2.44. The molecule has 1 N–H and O–H groups in total. The molecule has 0 aromatic carbocycles. The summed E-state index contributed by atoms with van der Waals surface area (Å²) in [5.74, 6) is 1.09. The van der Waals surface area contributed by atoms with E-state index in [-0.39, 0.29) is 17.9 Å². The van der Waals surface area contributed by atoms with Gasteiger partial charge in [0.05, 0.1) is 17.1 Å². The van der Waals surface area contributed by atoms with Crippen molar-refractivity contribution in [3.05, 3.63) is 47.4 Å². The van der Waals surface area contributed by atoms with E-state index in [9.17, 15) is 4.79 Å². The van der Waals surface area contributed by atoms with Gasteiger partial charge in [-0.2, -0.15) is 5.10 Å². The Kier molecular flexibility index (Phi) is 6.41. The Labute approximate surface area is 189 Å². The number of nitrogens with one attached hydrogen (secondary N) is 1. The van der Waals surface area contributed by atoms with Crippen LogP contribution in [0.5, 0.6) is 0 Å². The van der Waals surface area contributed by atoms with Crippen molar-refractivity contribution in [1.82, 2.24) is 30.0 Å². The minimum absolute atomic E-state index is 0.120. The van der Waals surface area contributed by atoms with E-state index in [0.29, 0.717) is 12.1 Å². The molecular weight excluding hydrogens is 402 g/mol. The monoisotopic (exact) mass is 435 g/mol. The molecule has 1 aliphatic rings. The van der Waals surface area contributed by atoms with Crippen LogP contribution < -0.4 is 10.2 Å². The van der Waals surface area contributed by atoms with Gasteiger partial charge in [0.1, 0.15) is 5.82 Å². The Bertz CT molecular complexity index is 1080. The number of rotatable bonds is 6. The first kappa shape index (κ1) is 22.2. The Balaban J connectivity index is 1.49. The molecule has 0 saturated carbocycles. The fraction of sp³-hybridized carbons (Fsp3) is 0.500. The second kappa shape index (κ2) is 9.24. The van der Waals surface area contributed by atoms with Crippen molar-refractivity contribution in [3.8, 4) is 0 Å². The molecule has 32 heavy (non-hydrogen) atoms. The maximum absolute atomic E-state index is 13.1. The molecule has 0 bridgehead atoms. The van der Waals surface area contributed by atoms with Gasteiger partial charge in [-0.15, -0.1) is 0 Å². The van der Waals surface area contributed by atoms with Crippen molar-refractivity contribution in [3.63, 3.8) is 0 Å². The standard InChI is InChI=1S/C24H33N7O/c1-16(2)21-12-19(20-15-27-31(17(3)4)23(20)28-21)24(32)26-14-18-6-7-22(25-13-18)30-10-8-29(5)9-11-30/h6-7,12-13,15-17H,8-11,14H2,1-5H3,(H,26,32). The molecule has 3 aromatic rings. The lowest BCUT2D eigenvalue weighted by atomic mass is 10.0. The molecule has 1 amide bonds. The highest BCUT2D eigenvalue weighted by atomic mass is 16.1. The molecule has 8 nitrogen and oxygen atoms in total. The summed E-state index contributed by atoms with van der Waals surface area (Å²) in [6.07, 6.45) is 3.60. The van der Waals surface area contributed by atoms with Crippen LogP contribution in [0.4, 0.5) is 5.82 Å². The first-order valence-electron chi connectivity index (χ1n) is 11.4. The minimum atomic E-state index is -0.120. The van der Waals surface area contributed by atoms with E-state index in [1.54, 1.807) is 6.20 Å². The lowest BCUT2D eigenvalue weighted by molar-refractivity contribution is 0.0952. The molecule has 0 atom stereocenters. The van der Waals surface area contributed by atoms with Crippen LogP contribution in [0.2, 0.25) is 0 Å². The van der Waals surface area contributed by atoms with Gasteiger partial charge in [0.2, 0.25) is 0 Å². The maximum atomic E-state index is 13.1. The number of aromatic nitrogens is 4. The maximum Gasteiger partial charge on any atom is 0.252 e. The second-order valence-electron chi connectivity index (χ2n) is 9.17. The van der Waals surface area contributed by atoms with Crippen LogP contribution in [-0.4, -0.2) is 63.8 Å². The Morgan fingerprint density at radius 1 is 1.09 bits per heavy atom. The van der Waals surface area contributed by atoms with Crippen LogP contribution in [-0.2, 0) is 6.54 Å². The van der Waals surface area contributed by atoms with E-state index in [4.69, 9.17) is 4.98 Å². The normalized spacial score (nSPS) is 15.2. The molecule has 1 saturated heterocycles. The molecule has 4 heterocycles. The molecule has 0 spiro atoms. The van der Waals surface area contributed by atoms with E-state index in [1.165, 1.54) is 0 Å². The van der Waals surface area contributed by atoms with Gasteiger partial charge in [-0.1, -0.05) is 19.9 Å². The molecule has 4 rings (SSSR count). The van der Waals surface area contributed by atoms with Crippen molar-refractivity contribution >= 4 is 22.8 Å². The predicted octanol–water partition coefficient (Wildman–Crippen LogP) is 3.21. The second-order valence-corrected chi connectivity index (χ2v) is 9.17. The summed E-state index contributed by atoms with van der Waals surface area (Å²) in [6, 6.07) is 6.15. The molecule has 0 aliphatic carbocycles. The van der Waals surface area contributed by atoms with Crippen molar-refractivity contribution in [1.29, 1.82) is 0 Å². The molecule has 1 aliphatic heterocycles.